The lowest BCUT2D eigenvalue weighted by Gasteiger charge is -2.00. The fourth-order valence-corrected chi connectivity index (χ4v) is 1.38. The molecule has 0 radical (unpaired) electrons. The fraction of sp³-hybridized carbons (Fsp3) is 0.100. The lowest BCUT2D eigenvalue weighted by Crippen LogP contribution is -2.08. The average molecular weight is 243 g/mol. The zero-order valence-corrected chi connectivity index (χ0v) is 9.19. The second-order valence-electron chi connectivity index (χ2n) is 2.80. The maximum Gasteiger partial charge on any atom is 0.229 e. The molecule has 0 aliphatic rings. The Morgan fingerprint density at radius 2 is 1.87 bits per heavy atom. The van der Waals surface area contributed by atoms with Gasteiger partial charge in [-0.15, -0.1) is 0 Å². The van der Waals surface area contributed by atoms with E-state index < -0.39 is 5.91 Å². The van der Waals surface area contributed by atoms with Gasteiger partial charge < -0.3 is 11.5 Å². The molecule has 0 saturated heterocycles. The Morgan fingerprint density at radius 3 is 2.33 bits per heavy atom. The van der Waals surface area contributed by atoms with Gasteiger partial charge in [-0.05, 0) is 12.1 Å². The SMILES string of the molecule is NC(=O)CC#Cc1cc(Cl)c(N)c(Cl)c1. The normalized spacial score (nSPS) is 9.20. The number of hydrogen-bond donors (Lipinski definition) is 2. The van der Waals surface area contributed by atoms with E-state index in [1.54, 1.807) is 12.1 Å². The van der Waals surface area contributed by atoms with Gasteiger partial charge in [0, 0.05) is 5.56 Å². The molecule has 1 aromatic rings. The summed E-state index contributed by atoms with van der Waals surface area (Å²) in [5.74, 6) is 4.83. The minimum atomic E-state index is -0.477. The largest absolute Gasteiger partial charge is 0.396 e. The summed E-state index contributed by atoms with van der Waals surface area (Å²) in [7, 11) is 0. The van der Waals surface area contributed by atoms with Crippen molar-refractivity contribution >= 4 is 34.8 Å². The van der Waals surface area contributed by atoms with Crippen LogP contribution in [0.3, 0.4) is 0 Å². The summed E-state index contributed by atoms with van der Waals surface area (Å²) in [6.45, 7) is 0. The molecule has 0 aromatic heterocycles. The Balaban J connectivity index is 2.95. The first kappa shape index (κ1) is 11.7. The Kier molecular flexibility index (Phi) is 3.84. The minimum absolute atomic E-state index is 0.000382. The van der Waals surface area contributed by atoms with Crippen molar-refractivity contribution in [2.75, 3.05) is 5.73 Å². The summed E-state index contributed by atoms with van der Waals surface area (Å²) in [6, 6.07) is 3.16. The Bertz CT molecular complexity index is 437. The van der Waals surface area contributed by atoms with Crippen molar-refractivity contribution in [2.45, 2.75) is 6.42 Å². The summed E-state index contributed by atoms with van der Waals surface area (Å²) in [5, 5.41) is 0.678. The van der Waals surface area contributed by atoms with Crippen LogP contribution in [0.2, 0.25) is 10.0 Å². The van der Waals surface area contributed by atoms with Crippen molar-refractivity contribution in [1.29, 1.82) is 0 Å². The standard InChI is InChI=1S/C10H8Cl2N2O/c11-7-4-6(2-1-3-9(13)15)5-8(12)10(7)14/h4-5H,3,14H2,(H2,13,15). The van der Waals surface area contributed by atoms with Crippen LogP contribution in [-0.2, 0) is 4.79 Å². The van der Waals surface area contributed by atoms with Gasteiger partial charge in [0.1, 0.15) is 0 Å². The van der Waals surface area contributed by atoms with Gasteiger partial charge in [0.2, 0.25) is 5.91 Å². The zero-order chi connectivity index (χ0) is 11.4. The molecule has 5 heteroatoms. The number of carbonyl (C=O) groups is 1. The van der Waals surface area contributed by atoms with Crippen LogP contribution >= 0.6 is 23.2 Å². The van der Waals surface area contributed by atoms with Crippen molar-refractivity contribution in [3.8, 4) is 11.8 Å². The first-order chi connectivity index (χ1) is 7.00. The van der Waals surface area contributed by atoms with E-state index in [0.29, 0.717) is 21.3 Å². The second kappa shape index (κ2) is 4.92. The zero-order valence-electron chi connectivity index (χ0n) is 7.68. The summed E-state index contributed by atoms with van der Waals surface area (Å²) >= 11 is 11.6. The van der Waals surface area contributed by atoms with E-state index in [0.717, 1.165) is 0 Å². The summed E-state index contributed by atoms with van der Waals surface area (Å²) in [6.07, 6.45) is -0.000382. The third-order valence-corrected chi connectivity index (χ3v) is 2.20. The number of rotatable bonds is 1. The van der Waals surface area contributed by atoms with Crippen LogP contribution in [0.15, 0.2) is 12.1 Å². The van der Waals surface area contributed by atoms with Crippen LogP contribution in [0.1, 0.15) is 12.0 Å². The number of amides is 1. The molecule has 0 fully saturated rings. The molecule has 78 valence electrons. The monoisotopic (exact) mass is 242 g/mol. The van der Waals surface area contributed by atoms with Crippen LogP contribution in [0, 0.1) is 11.8 Å². The van der Waals surface area contributed by atoms with Gasteiger partial charge in [-0.25, -0.2) is 0 Å². The molecule has 1 rings (SSSR count). The lowest BCUT2D eigenvalue weighted by molar-refractivity contribution is -0.117. The number of anilines is 1. The highest BCUT2D eigenvalue weighted by Crippen LogP contribution is 2.28. The molecule has 0 atom stereocenters. The van der Waals surface area contributed by atoms with Crippen molar-refractivity contribution in [1.82, 2.24) is 0 Å². The summed E-state index contributed by atoms with van der Waals surface area (Å²) in [4.78, 5) is 10.4. The molecule has 0 saturated carbocycles. The van der Waals surface area contributed by atoms with E-state index in [9.17, 15) is 4.79 Å². The minimum Gasteiger partial charge on any atom is -0.396 e. The molecule has 1 amide bonds. The van der Waals surface area contributed by atoms with Crippen LogP contribution in [0.25, 0.3) is 0 Å². The van der Waals surface area contributed by atoms with Gasteiger partial charge in [-0.2, -0.15) is 0 Å². The van der Waals surface area contributed by atoms with Gasteiger partial charge >= 0.3 is 0 Å². The third kappa shape index (κ3) is 3.35. The quantitative estimate of drug-likeness (QED) is 0.583. The van der Waals surface area contributed by atoms with Crippen LogP contribution in [0.4, 0.5) is 5.69 Å². The smallest absolute Gasteiger partial charge is 0.229 e. The highest BCUT2D eigenvalue weighted by molar-refractivity contribution is 6.39. The molecular formula is C10H8Cl2N2O. The molecule has 15 heavy (non-hydrogen) atoms. The predicted molar refractivity (Wildman–Crippen MR) is 61.6 cm³/mol. The van der Waals surface area contributed by atoms with E-state index in [1.165, 1.54) is 0 Å². The molecule has 0 unspecified atom stereocenters. The lowest BCUT2D eigenvalue weighted by atomic mass is 10.2. The highest BCUT2D eigenvalue weighted by Gasteiger charge is 2.02. The van der Waals surface area contributed by atoms with Gasteiger partial charge in [-0.1, -0.05) is 35.0 Å². The molecule has 0 aliphatic carbocycles. The average Bonchev–Trinajstić information content (AvgIpc) is 2.13. The number of halogens is 2. The molecule has 1 aromatic carbocycles. The Hall–Kier alpha value is -1.37. The van der Waals surface area contributed by atoms with E-state index in [1.807, 2.05) is 0 Å². The van der Waals surface area contributed by atoms with Gasteiger partial charge in [0.05, 0.1) is 22.2 Å². The second-order valence-corrected chi connectivity index (χ2v) is 3.61. The first-order valence-corrected chi connectivity index (χ1v) is 4.78. The third-order valence-electron chi connectivity index (χ3n) is 1.57. The van der Waals surface area contributed by atoms with Crippen molar-refractivity contribution < 1.29 is 4.79 Å². The topological polar surface area (TPSA) is 69.1 Å². The molecule has 4 N–H and O–H groups in total. The van der Waals surface area contributed by atoms with Crippen LogP contribution < -0.4 is 11.5 Å². The van der Waals surface area contributed by atoms with Crippen LogP contribution in [-0.4, -0.2) is 5.91 Å². The maximum atomic E-state index is 10.4. The van der Waals surface area contributed by atoms with Crippen molar-refractivity contribution in [3.05, 3.63) is 27.7 Å². The van der Waals surface area contributed by atoms with E-state index in [4.69, 9.17) is 34.7 Å². The van der Waals surface area contributed by atoms with Crippen molar-refractivity contribution in [2.24, 2.45) is 5.73 Å². The fourth-order valence-electron chi connectivity index (χ4n) is 0.890. The molecule has 0 spiro atoms. The van der Waals surface area contributed by atoms with Crippen LogP contribution in [0.5, 0.6) is 0 Å². The first-order valence-electron chi connectivity index (χ1n) is 4.02. The maximum absolute atomic E-state index is 10.4. The number of primary amides is 1. The predicted octanol–water partition coefficient (Wildman–Crippen LogP) is 1.80. The number of nitrogen functional groups attached to an aromatic ring is 1. The van der Waals surface area contributed by atoms with E-state index in [2.05, 4.69) is 11.8 Å². The highest BCUT2D eigenvalue weighted by atomic mass is 35.5. The van der Waals surface area contributed by atoms with Gasteiger partial charge in [-0.3, -0.25) is 4.79 Å². The number of hydrogen-bond acceptors (Lipinski definition) is 2. The summed E-state index contributed by atoms with van der Waals surface area (Å²) in [5.41, 5.74) is 11.4. The summed E-state index contributed by atoms with van der Waals surface area (Å²) < 4.78 is 0. The number of carbonyl (C=O) groups excluding carboxylic acids is 1. The van der Waals surface area contributed by atoms with E-state index >= 15 is 0 Å². The van der Waals surface area contributed by atoms with Crippen molar-refractivity contribution in [3.63, 3.8) is 0 Å². The molecule has 0 aliphatic heterocycles. The number of benzene rings is 1. The van der Waals surface area contributed by atoms with Gasteiger partial charge in [0.15, 0.2) is 0 Å². The Labute approximate surface area is 97.3 Å². The Morgan fingerprint density at radius 1 is 1.33 bits per heavy atom. The van der Waals surface area contributed by atoms with E-state index in [-0.39, 0.29) is 6.42 Å². The number of nitrogens with two attached hydrogens (primary N) is 2. The molecule has 0 bridgehead atoms. The molecule has 3 nitrogen and oxygen atoms in total. The molecular weight excluding hydrogens is 235 g/mol. The molecule has 0 heterocycles. The van der Waals surface area contributed by atoms with Gasteiger partial charge in [0.25, 0.3) is 0 Å².